The van der Waals surface area contributed by atoms with Gasteiger partial charge in [0, 0.05) is 17.3 Å². The summed E-state index contributed by atoms with van der Waals surface area (Å²) in [6.07, 6.45) is 0.956. The minimum Gasteiger partial charge on any atom is -0.497 e. The fourth-order valence-corrected chi connectivity index (χ4v) is 1.83. The van der Waals surface area contributed by atoms with Crippen LogP contribution in [0.2, 0.25) is 0 Å². The zero-order chi connectivity index (χ0) is 15.1. The maximum atomic E-state index is 12.1. The first-order valence-electron chi connectivity index (χ1n) is 6.91. The van der Waals surface area contributed by atoms with Gasteiger partial charge in [0.25, 0.3) is 5.91 Å². The molecule has 0 fully saturated rings. The molecule has 2 aromatic carbocycles. The van der Waals surface area contributed by atoms with Gasteiger partial charge in [0.15, 0.2) is 0 Å². The molecule has 4 nitrogen and oxygen atoms in total. The van der Waals surface area contributed by atoms with Crippen molar-refractivity contribution in [3.05, 3.63) is 54.1 Å². The molecule has 2 aromatic rings. The molecule has 0 radical (unpaired) electrons. The van der Waals surface area contributed by atoms with Crippen LogP contribution in [0.5, 0.6) is 11.5 Å². The Bertz CT molecular complexity index is 593. The summed E-state index contributed by atoms with van der Waals surface area (Å²) in [6, 6.07) is 14.4. The predicted molar refractivity (Wildman–Crippen MR) is 83.2 cm³/mol. The van der Waals surface area contributed by atoms with E-state index in [1.165, 1.54) is 0 Å². The van der Waals surface area contributed by atoms with E-state index >= 15 is 0 Å². The lowest BCUT2D eigenvalue weighted by Crippen LogP contribution is -2.11. The van der Waals surface area contributed by atoms with Gasteiger partial charge in [-0.2, -0.15) is 0 Å². The van der Waals surface area contributed by atoms with E-state index in [4.69, 9.17) is 9.47 Å². The Labute approximate surface area is 124 Å². The fourth-order valence-electron chi connectivity index (χ4n) is 1.83. The summed E-state index contributed by atoms with van der Waals surface area (Å²) in [4.78, 5) is 12.1. The van der Waals surface area contributed by atoms with Crippen LogP contribution in [0.15, 0.2) is 48.5 Å². The number of hydrogen-bond acceptors (Lipinski definition) is 3. The quantitative estimate of drug-likeness (QED) is 0.879. The Hall–Kier alpha value is -2.49. The van der Waals surface area contributed by atoms with Crippen LogP contribution in [-0.4, -0.2) is 19.6 Å². The number of carbonyl (C=O) groups is 1. The fraction of sp³-hybridized carbons (Fsp3) is 0.235. The van der Waals surface area contributed by atoms with Gasteiger partial charge in [0.2, 0.25) is 0 Å². The monoisotopic (exact) mass is 285 g/mol. The third kappa shape index (κ3) is 4.24. The van der Waals surface area contributed by atoms with Crippen LogP contribution >= 0.6 is 0 Å². The molecular weight excluding hydrogens is 266 g/mol. The maximum absolute atomic E-state index is 12.1. The smallest absolute Gasteiger partial charge is 0.255 e. The molecule has 0 saturated carbocycles. The molecule has 1 N–H and O–H groups in total. The average molecular weight is 285 g/mol. The zero-order valence-corrected chi connectivity index (χ0v) is 12.3. The summed E-state index contributed by atoms with van der Waals surface area (Å²) < 4.78 is 10.6. The highest BCUT2D eigenvalue weighted by molar-refractivity contribution is 6.04. The van der Waals surface area contributed by atoms with Crippen LogP contribution in [0.3, 0.4) is 0 Å². The second-order valence-electron chi connectivity index (χ2n) is 4.56. The van der Waals surface area contributed by atoms with Crippen molar-refractivity contribution in [2.45, 2.75) is 13.3 Å². The van der Waals surface area contributed by atoms with E-state index in [1.54, 1.807) is 37.4 Å². The molecule has 1 amide bonds. The van der Waals surface area contributed by atoms with Gasteiger partial charge >= 0.3 is 0 Å². The summed E-state index contributed by atoms with van der Waals surface area (Å²) in [5.41, 5.74) is 1.28. The predicted octanol–water partition coefficient (Wildman–Crippen LogP) is 3.74. The molecule has 110 valence electrons. The Morgan fingerprint density at radius 2 is 1.86 bits per heavy atom. The van der Waals surface area contributed by atoms with Crippen molar-refractivity contribution < 1.29 is 14.3 Å². The first-order chi connectivity index (χ1) is 10.2. The third-order valence-corrected chi connectivity index (χ3v) is 2.92. The summed E-state index contributed by atoms with van der Waals surface area (Å²) in [5, 5.41) is 2.84. The number of hydrogen-bond donors (Lipinski definition) is 1. The average Bonchev–Trinajstić information content (AvgIpc) is 2.53. The number of benzene rings is 2. The number of amides is 1. The molecule has 0 aliphatic rings. The summed E-state index contributed by atoms with van der Waals surface area (Å²) in [6.45, 7) is 2.73. The molecule has 0 saturated heterocycles. The SMILES string of the molecule is CCCOc1ccc(C(=O)Nc2cccc(OC)c2)cc1. The van der Waals surface area contributed by atoms with Crippen molar-refractivity contribution in [3.8, 4) is 11.5 Å². The number of methoxy groups -OCH3 is 1. The van der Waals surface area contributed by atoms with Gasteiger partial charge in [0.1, 0.15) is 11.5 Å². The Morgan fingerprint density at radius 3 is 2.52 bits per heavy atom. The summed E-state index contributed by atoms with van der Waals surface area (Å²) in [7, 11) is 1.59. The van der Waals surface area contributed by atoms with E-state index in [9.17, 15) is 4.79 Å². The van der Waals surface area contributed by atoms with Crippen molar-refractivity contribution in [1.29, 1.82) is 0 Å². The maximum Gasteiger partial charge on any atom is 0.255 e. The minimum absolute atomic E-state index is 0.162. The normalized spacial score (nSPS) is 10.0. The second-order valence-corrected chi connectivity index (χ2v) is 4.56. The van der Waals surface area contributed by atoms with Gasteiger partial charge in [-0.05, 0) is 42.8 Å². The molecule has 0 atom stereocenters. The standard InChI is InChI=1S/C17H19NO3/c1-3-11-21-15-9-7-13(8-10-15)17(19)18-14-5-4-6-16(12-14)20-2/h4-10,12H,3,11H2,1-2H3,(H,18,19). The van der Waals surface area contributed by atoms with Crippen LogP contribution in [0.25, 0.3) is 0 Å². The molecule has 21 heavy (non-hydrogen) atoms. The van der Waals surface area contributed by atoms with Gasteiger partial charge in [-0.25, -0.2) is 0 Å². The van der Waals surface area contributed by atoms with E-state index < -0.39 is 0 Å². The topological polar surface area (TPSA) is 47.6 Å². The molecule has 2 rings (SSSR count). The van der Waals surface area contributed by atoms with Crippen LogP contribution in [0.4, 0.5) is 5.69 Å². The largest absolute Gasteiger partial charge is 0.497 e. The molecule has 0 bridgehead atoms. The number of carbonyl (C=O) groups excluding carboxylic acids is 1. The number of anilines is 1. The van der Waals surface area contributed by atoms with Crippen LogP contribution < -0.4 is 14.8 Å². The number of rotatable bonds is 6. The molecule has 0 heterocycles. The van der Waals surface area contributed by atoms with E-state index in [-0.39, 0.29) is 5.91 Å². The van der Waals surface area contributed by atoms with Crippen molar-refractivity contribution in [1.82, 2.24) is 0 Å². The molecule has 0 aliphatic heterocycles. The van der Waals surface area contributed by atoms with Gasteiger partial charge in [-0.15, -0.1) is 0 Å². The lowest BCUT2D eigenvalue weighted by atomic mass is 10.2. The lowest BCUT2D eigenvalue weighted by molar-refractivity contribution is 0.102. The van der Waals surface area contributed by atoms with Crippen molar-refractivity contribution >= 4 is 11.6 Å². The Balaban J connectivity index is 2.02. The number of ether oxygens (including phenoxy) is 2. The Morgan fingerprint density at radius 1 is 1.10 bits per heavy atom. The van der Waals surface area contributed by atoms with E-state index in [0.29, 0.717) is 23.6 Å². The van der Waals surface area contributed by atoms with E-state index in [0.717, 1.165) is 12.2 Å². The van der Waals surface area contributed by atoms with Gasteiger partial charge < -0.3 is 14.8 Å². The summed E-state index contributed by atoms with van der Waals surface area (Å²) >= 11 is 0. The van der Waals surface area contributed by atoms with Gasteiger partial charge in [0.05, 0.1) is 13.7 Å². The third-order valence-electron chi connectivity index (χ3n) is 2.92. The van der Waals surface area contributed by atoms with Crippen LogP contribution in [-0.2, 0) is 0 Å². The van der Waals surface area contributed by atoms with E-state index in [2.05, 4.69) is 12.2 Å². The highest BCUT2D eigenvalue weighted by atomic mass is 16.5. The molecule has 4 heteroatoms. The van der Waals surface area contributed by atoms with Crippen molar-refractivity contribution in [2.24, 2.45) is 0 Å². The zero-order valence-electron chi connectivity index (χ0n) is 12.3. The first-order valence-corrected chi connectivity index (χ1v) is 6.91. The van der Waals surface area contributed by atoms with E-state index in [1.807, 2.05) is 18.2 Å². The second kappa shape index (κ2) is 7.33. The molecule has 0 spiro atoms. The van der Waals surface area contributed by atoms with Crippen molar-refractivity contribution in [2.75, 3.05) is 19.0 Å². The highest BCUT2D eigenvalue weighted by Gasteiger charge is 2.06. The van der Waals surface area contributed by atoms with Crippen LogP contribution in [0.1, 0.15) is 23.7 Å². The van der Waals surface area contributed by atoms with Gasteiger partial charge in [-0.3, -0.25) is 4.79 Å². The van der Waals surface area contributed by atoms with Gasteiger partial charge in [-0.1, -0.05) is 13.0 Å². The first kappa shape index (κ1) is 14.9. The van der Waals surface area contributed by atoms with Crippen LogP contribution in [0, 0.1) is 0 Å². The molecule has 0 aliphatic carbocycles. The molecular formula is C17H19NO3. The minimum atomic E-state index is -0.162. The van der Waals surface area contributed by atoms with Crippen molar-refractivity contribution in [3.63, 3.8) is 0 Å². The Kier molecular flexibility index (Phi) is 5.21. The lowest BCUT2D eigenvalue weighted by Gasteiger charge is -2.08. The molecule has 0 unspecified atom stereocenters. The number of nitrogens with one attached hydrogen (secondary N) is 1. The summed E-state index contributed by atoms with van der Waals surface area (Å²) in [5.74, 6) is 1.32. The molecule has 0 aromatic heterocycles. The highest BCUT2D eigenvalue weighted by Crippen LogP contribution is 2.18.